The van der Waals surface area contributed by atoms with Crippen molar-refractivity contribution >= 4 is 23.3 Å². The highest BCUT2D eigenvalue weighted by Crippen LogP contribution is 2.30. The Morgan fingerprint density at radius 2 is 2.21 bits per heavy atom. The lowest BCUT2D eigenvalue weighted by molar-refractivity contribution is -0.115. The molecule has 1 aromatic carbocycles. The quantitative estimate of drug-likeness (QED) is 0.872. The second-order valence-electron chi connectivity index (χ2n) is 5.19. The monoisotopic (exact) mass is 262 g/mol. The molecule has 19 heavy (non-hydrogen) atoms. The molecule has 0 unspecified atom stereocenters. The molecule has 1 aliphatic heterocycles. The first-order valence-electron chi connectivity index (χ1n) is 6.39. The van der Waals surface area contributed by atoms with Gasteiger partial charge in [0.2, 0.25) is 5.91 Å². The molecule has 0 spiro atoms. The first-order chi connectivity index (χ1) is 8.97. The molecule has 1 amide bonds. The summed E-state index contributed by atoms with van der Waals surface area (Å²) < 4.78 is 0. The van der Waals surface area contributed by atoms with Gasteiger partial charge in [0.15, 0.2) is 0 Å². The minimum Gasteiger partial charge on any atom is -0.478 e. The van der Waals surface area contributed by atoms with E-state index in [0.717, 1.165) is 18.7 Å². The summed E-state index contributed by atoms with van der Waals surface area (Å²) in [5.74, 6) is -0.526. The SMILES string of the molecule is CC(C)CCN1CC(=O)Nc2cc(C(=O)O)ccc21. The summed E-state index contributed by atoms with van der Waals surface area (Å²) in [4.78, 5) is 24.6. The van der Waals surface area contributed by atoms with Gasteiger partial charge in [0.25, 0.3) is 0 Å². The van der Waals surface area contributed by atoms with Crippen LogP contribution in [0.1, 0.15) is 30.6 Å². The van der Waals surface area contributed by atoms with Gasteiger partial charge in [0.1, 0.15) is 0 Å². The zero-order valence-corrected chi connectivity index (χ0v) is 11.1. The number of hydrogen-bond donors (Lipinski definition) is 2. The Morgan fingerprint density at radius 3 is 2.84 bits per heavy atom. The molecule has 5 heteroatoms. The fourth-order valence-corrected chi connectivity index (χ4v) is 2.11. The molecule has 0 aromatic heterocycles. The van der Waals surface area contributed by atoms with Crippen LogP contribution >= 0.6 is 0 Å². The van der Waals surface area contributed by atoms with E-state index in [1.54, 1.807) is 12.1 Å². The van der Waals surface area contributed by atoms with E-state index in [4.69, 9.17) is 5.11 Å². The van der Waals surface area contributed by atoms with Crippen molar-refractivity contribution in [1.29, 1.82) is 0 Å². The van der Waals surface area contributed by atoms with Crippen molar-refractivity contribution in [2.24, 2.45) is 5.92 Å². The fourth-order valence-electron chi connectivity index (χ4n) is 2.11. The number of carboxylic acid groups (broad SMARTS) is 1. The number of hydrogen-bond acceptors (Lipinski definition) is 3. The van der Waals surface area contributed by atoms with E-state index in [9.17, 15) is 9.59 Å². The van der Waals surface area contributed by atoms with Crippen molar-refractivity contribution in [2.75, 3.05) is 23.3 Å². The number of fused-ring (bicyclic) bond motifs is 1. The summed E-state index contributed by atoms with van der Waals surface area (Å²) in [6.07, 6.45) is 0.993. The van der Waals surface area contributed by atoms with Crippen molar-refractivity contribution in [3.05, 3.63) is 23.8 Å². The fraction of sp³-hybridized carbons (Fsp3) is 0.429. The minimum atomic E-state index is -0.989. The molecule has 0 aliphatic carbocycles. The average molecular weight is 262 g/mol. The molecule has 0 saturated heterocycles. The molecule has 0 fully saturated rings. The van der Waals surface area contributed by atoms with Crippen LogP contribution in [0.5, 0.6) is 0 Å². The lowest BCUT2D eigenvalue weighted by atomic mass is 10.1. The van der Waals surface area contributed by atoms with E-state index in [-0.39, 0.29) is 11.5 Å². The van der Waals surface area contributed by atoms with E-state index in [0.29, 0.717) is 18.2 Å². The molecule has 2 rings (SSSR count). The Labute approximate surface area is 112 Å². The van der Waals surface area contributed by atoms with E-state index in [2.05, 4.69) is 19.2 Å². The molecule has 0 radical (unpaired) electrons. The van der Waals surface area contributed by atoms with Gasteiger partial charge in [-0.05, 0) is 30.5 Å². The molecule has 1 aliphatic rings. The van der Waals surface area contributed by atoms with Crippen LogP contribution < -0.4 is 10.2 Å². The molecule has 0 bridgehead atoms. The molecule has 0 atom stereocenters. The Bertz CT molecular complexity index is 511. The third kappa shape index (κ3) is 3.05. The third-order valence-electron chi connectivity index (χ3n) is 3.17. The maximum Gasteiger partial charge on any atom is 0.335 e. The number of benzene rings is 1. The Balaban J connectivity index is 2.27. The number of nitrogens with zero attached hydrogens (tertiary/aromatic N) is 1. The molecule has 5 nitrogen and oxygen atoms in total. The van der Waals surface area contributed by atoms with Crippen molar-refractivity contribution < 1.29 is 14.7 Å². The van der Waals surface area contributed by atoms with Crippen LogP contribution in [0.2, 0.25) is 0 Å². The molecule has 2 N–H and O–H groups in total. The van der Waals surface area contributed by atoms with Crippen LogP contribution in [0.25, 0.3) is 0 Å². The van der Waals surface area contributed by atoms with Crippen molar-refractivity contribution in [2.45, 2.75) is 20.3 Å². The summed E-state index contributed by atoms with van der Waals surface area (Å²) >= 11 is 0. The van der Waals surface area contributed by atoms with Crippen LogP contribution in [0.4, 0.5) is 11.4 Å². The van der Waals surface area contributed by atoms with Crippen LogP contribution in [-0.4, -0.2) is 30.1 Å². The average Bonchev–Trinajstić information content (AvgIpc) is 2.34. The van der Waals surface area contributed by atoms with Crippen LogP contribution in [0.15, 0.2) is 18.2 Å². The highest BCUT2D eigenvalue weighted by Gasteiger charge is 2.22. The third-order valence-corrected chi connectivity index (χ3v) is 3.17. The van der Waals surface area contributed by atoms with Gasteiger partial charge in [0.05, 0.1) is 23.5 Å². The zero-order valence-electron chi connectivity index (χ0n) is 11.1. The number of carbonyl (C=O) groups excluding carboxylic acids is 1. The molecule has 102 valence electrons. The second kappa shape index (κ2) is 5.30. The minimum absolute atomic E-state index is 0.0983. The van der Waals surface area contributed by atoms with Gasteiger partial charge in [-0.1, -0.05) is 13.8 Å². The van der Waals surface area contributed by atoms with Gasteiger partial charge >= 0.3 is 5.97 Å². The van der Waals surface area contributed by atoms with Crippen LogP contribution in [0, 0.1) is 5.92 Å². The highest BCUT2D eigenvalue weighted by atomic mass is 16.4. The summed E-state index contributed by atoms with van der Waals surface area (Å²) in [5.41, 5.74) is 1.66. The summed E-state index contributed by atoms with van der Waals surface area (Å²) in [7, 11) is 0. The molecule has 1 heterocycles. The summed E-state index contributed by atoms with van der Waals surface area (Å²) in [6.45, 7) is 5.40. The number of aromatic carboxylic acids is 1. The summed E-state index contributed by atoms with van der Waals surface area (Å²) in [6, 6.07) is 4.84. The Kier molecular flexibility index (Phi) is 3.74. The summed E-state index contributed by atoms with van der Waals surface area (Å²) in [5, 5.41) is 11.7. The van der Waals surface area contributed by atoms with Crippen LogP contribution in [-0.2, 0) is 4.79 Å². The van der Waals surface area contributed by atoms with Gasteiger partial charge in [-0.2, -0.15) is 0 Å². The second-order valence-corrected chi connectivity index (χ2v) is 5.19. The maximum atomic E-state index is 11.7. The lowest BCUT2D eigenvalue weighted by Gasteiger charge is -2.31. The zero-order chi connectivity index (χ0) is 14.0. The highest BCUT2D eigenvalue weighted by molar-refractivity contribution is 6.02. The topological polar surface area (TPSA) is 69.6 Å². The first-order valence-corrected chi connectivity index (χ1v) is 6.39. The number of nitrogens with one attached hydrogen (secondary N) is 1. The Hall–Kier alpha value is -2.04. The molecular formula is C14H18N2O3. The number of anilines is 2. The van der Waals surface area contributed by atoms with E-state index < -0.39 is 5.97 Å². The Morgan fingerprint density at radius 1 is 1.47 bits per heavy atom. The lowest BCUT2D eigenvalue weighted by Crippen LogP contribution is -2.39. The predicted molar refractivity (Wildman–Crippen MR) is 73.7 cm³/mol. The number of rotatable bonds is 4. The van der Waals surface area contributed by atoms with E-state index >= 15 is 0 Å². The molecule has 1 aromatic rings. The van der Waals surface area contributed by atoms with Gasteiger partial charge in [0, 0.05) is 6.54 Å². The van der Waals surface area contributed by atoms with E-state index in [1.165, 1.54) is 6.07 Å². The predicted octanol–water partition coefficient (Wildman–Crippen LogP) is 2.19. The van der Waals surface area contributed by atoms with Gasteiger partial charge < -0.3 is 15.3 Å². The van der Waals surface area contributed by atoms with Crippen molar-refractivity contribution in [3.63, 3.8) is 0 Å². The molecule has 0 saturated carbocycles. The number of amides is 1. The van der Waals surface area contributed by atoms with Crippen molar-refractivity contribution in [1.82, 2.24) is 0 Å². The van der Waals surface area contributed by atoms with Crippen LogP contribution in [0.3, 0.4) is 0 Å². The van der Waals surface area contributed by atoms with Crippen molar-refractivity contribution in [3.8, 4) is 0 Å². The first kappa shape index (κ1) is 13.4. The number of carboxylic acids is 1. The maximum absolute atomic E-state index is 11.7. The standard InChI is InChI=1S/C14H18N2O3/c1-9(2)5-6-16-8-13(17)15-11-7-10(14(18)19)3-4-12(11)16/h3-4,7,9H,5-6,8H2,1-2H3,(H,15,17)(H,18,19). The van der Waals surface area contributed by atoms with Gasteiger partial charge in [-0.3, -0.25) is 4.79 Å². The van der Waals surface area contributed by atoms with Gasteiger partial charge in [-0.25, -0.2) is 4.79 Å². The molecular weight excluding hydrogens is 244 g/mol. The number of carbonyl (C=O) groups is 2. The largest absolute Gasteiger partial charge is 0.478 e. The van der Waals surface area contributed by atoms with Gasteiger partial charge in [-0.15, -0.1) is 0 Å². The normalized spacial score (nSPS) is 14.3. The van der Waals surface area contributed by atoms with E-state index in [1.807, 2.05) is 4.90 Å². The smallest absolute Gasteiger partial charge is 0.335 e.